The van der Waals surface area contributed by atoms with Crippen LogP contribution in [0.25, 0.3) is 0 Å². The van der Waals surface area contributed by atoms with E-state index in [4.69, 9.17) is 38.4 Å². The maximum atomic E-state index is 9.31. The van der Waals surface area contributed by atoms with Crippen molar-refractivity contribution < 1.29 is 14.6 Å². The summed E-state index contributed by atoms with van der Waals surface area (Å²) < 4.78 is 14.4. The van der Waals surface area contributed by atoms with Gasteiger partial charge in [0.25, 0.3) is 0 Å². The fourth-order valence-electron chi connectivity index (χ4n) is 3.53. The van der Waals surface area contributed by atoms with Crippen LogP contribution in [0, 0.1) is 0 Å². The number of nitrogens with two attached hydrogens (primary N) is 1. The van der Waals surface area contributed by atoms with E-state index in [0.717, 1.165) is 22.3 Å². The number of aliphatic hydroxyl groups excluding tert-OH is 1. The van der Waals surface area contributed by atoms with Crippen LogP contribution in [0.1, 0.15) is 41.1 Å². The molecule has 2 heterocycles. The van der Waals surface area contributed by atoms with Crippen molar-refractivity contribution in [3.63, 3.8) is 0 Å². The largest absolute Gasteiger partial charge is 0.392 e. The summed E-state index contributed by atoms with van der Waals surface area (Å²) in [4.78, 5) is 4.05. The molecule has 1 fully saturated rings. The lowest BCUT2D eigenvalue weighted by Gasteiger charge is -2.36. The van der Waals surface area contributed by atoms with Gasteiger partial charge in [0.15, 0.2) is 11.4 Å². The van der Waals surface area contributed by atoms with Crippen LogP contribution in [0.4, 0.5) is 0 Å². The zero-order chi connectivity index (χ0) is 21.1. The zero-order valence-corrected chi connectivity index (χ0v) is 17.8. The minimum atomic E-state index is -0.532. The fraction of sp³-hybridized carbons (Fsp3) is 0.318. The van der Waals surface area contributed by atoms with Gasteiger partial charge in [-0.25, -0.2) is 4.98 Å². The monoisotopic (exact) mass is 447 g/mol. The Morgan fingerprint density at radius 2 is 1.67 bits per heavy atom. The molecule has 0 aliphatic carbocycles. The highest BCUT2D eigenvalue weighted by Gasteiger charge is 2.32. The Hall–Kier alpha value is -1.93. The average Bonchev–Trinajstić information content (AvgIpc) is 3.11. The molecule has 1 aliphatic heterocycles. The summed E-state index contributed by atoms with van der Waals surface area (Å²) in [6.07, 6.45) is 1.38. The van der Waals surface area contributed by atoms with Crippen LogP contribution in [-0.4, -0.2) is 20.8 Å². The van der Waals surface area contributed by atoms with E-state index in [-0.39, 0.29) is 24.0 Å². The first kappa shape index (κ1) is 21.3. The molecule has 1 aromatic heterocycles. The Bertz CT molecular complexity index is 921. The highest BCUT2D eigenvalue weighted by molar-refractivity contribution is 6.40. The van der Waals surface area contributed by atoms with Gasteiger partial charge in [-0.1, -0.05) is 71.7 Å². The molecule has 1 saturated heterocycles. The second-order valence-corrected chi connectivity index (χ2v) is 7.99. The summed E-state index contributed by atoms with van der Waals surface area (Å²) in [6, 6.07) is 15.7. The molecule has 158 valence electrons. The molecule has 3 N–H and O–H groups in total. The van der Waals surface area contributed by atoms with Crippen molar-refractivity contribution in [1.29, 1.82) is 0 Å². The number of benzene rings is 2. The first-order valence-electron chi connectivity index (χ1n) is 9.73. The fourth-order valence-corrected chi connectivity index (χ4v) is 3.85. The van der Waals surface area contributed by atoms with Crippen molar-refractivity contribution in [3.8, 4) is 0 Å². The predicted octanol–water partition coefficient (Wildman–Crippen LogP) is 4.39. The number of hydrogen-bond acceptors (Lipinski definition) is 5. The van der Waals surface area contributed by atoms with Crippen LogP contribution in [0.15, 0.2) is 54.9 Å². The molecule has 0 amide bonds. The lowest BCUT2D eigenvalue weighted by molar-refractivity contribution is -0.252. The first-order valence-corrected chi connectivity index (χ1v) is 10.5. The Kier molecular flexibility index (Phi) is 6.73. The number of ether oxygens (including phenoxy) is 2. The molecule has 4 rings (SSSR count). The summed E-state index contributed by atoms with van der Waals surface area (Å²) >= 11 is 12.2. The molecule has 0 unspecified atom stereocenters. The Balaban J connectivity index is 1.59. The van der Waals surface area contributed by atoms with Crippen molar-refractivity contribution in [2.75, 3.05) is 0 Å². The molecular weight excluding hydrogens is 425 g/mol. The van der Waals surface area contributed by atoms with Gasteiger partial charge < -0.3 is 24.9 Å². The molecule has 0 spiro atoms. The van der Waals surface area contributed by atoms with Crippen molar-refractivity contribution in [1.82, 2.24) is 9.55 Å². The number of hydrogen-bond donors (Lipinski definition) is 2. The van der Waals surface area contributed by atoms with Gasteiger partial charge in [-0.3, -0.25) is 0 Å². The van der Waals surface area contributed by atoms with Crippen molar-refractivity contribution in [2.24, 2.45) is 5.73 Å². The molecule has 6 nitrogen and oxygen atoms in total. The van der Waals surface area contributed by atoms with E-state index >= 15 is 0 Å². The maximum Gasteiger partial charge on any atom is 0.184 e. The average molecular weight is 448 g/mol. The topological polar surface area (TPSA) is 82.5 Å². The highest BCUT2D eigenvalue weighted by atomic mass is 35.5. The summed E-state index contributed by atoms with van der Waals surface area (Å²) in [7, 11) is 0. The van der Waals surface area contributed by atoms with E-state index in [1.54, 1.807) is 10.9 Å². The summed E-state index contributed by atoms with van der Waals surface area (Å²) in [5, 5.41) is 9.97. The van der Waals surface area contributed by atoms with Crippen molar-refractivity contribution in [2.45, 2.75) is 44.6 Å². The second-order valence-electron chi connectivity index (χ2n) is 7.27. The third-order valence-electron chi connectivity index (χ3n) is 5.24. The molecular formula is C22H23Cl2N3O3. The second kappa shape index (κ2) is 9.47. The Labute approximate surface area is 185 Å². The quantitative estimate of drug-likeness (QED) is 0.585. The normalized spacial score (nSPS) is 21.7. The van der Waals surface area contributed by atoms with Crippen molar-refractivity contribution >= 4 is 23.2 Å². The predicted molar refractivity (Wildman–Crippen MR) is 115 cm³/mol. The molecule has 2 aromatic carbocycles. The van der Waals surface area contributed by atoms with E-state index in [1.165, 1.54) is 0 Å². The molecule has 30 heavy (non-hydrogen) atoms. The minimum Gasteiger partial charge on any atom is -0.392 e. The van der Waals surface area contributed by atoms with Crippen LogP contribution in [-0.2, 0) is 29.2 Å². The number of imidazole rings is 1. The zero-order valence-electron chi connectivity index (χ0n) is 16.2. The summed E-state index contributed by atoms with van der Waals surface area (Å²) in [5.41, 5.74) is 9.56. The smallest absolute Gasteiger partial charge is 0.184 e. The van der Waals surface area contributed by atoms with Gasteiger partial charge >= 0.3 is 0 Å². The Morgan fingerprint density at radius 3 is 2.27 bits per heavy atom. The maximum absolute atomic E-state index is 9.31. The number of aromatic nitrogens is 2. The lowest BCUT2D eigenvalue weighted by Crippen LogP contribution is -2.32. The molecule has 8 heteroatoms. The molecule has 0 saturated carbocycles. The van der Waals surface area contributed by atoms with E-state index in [0.29, 0.717) is 24.7 Å². The van der Waals surface area contributed by atoms with Crippen molar-refractivity contribution in [3.05, 3.63) is 87.4 Å². The van der Waals surface area contributed by atoms with Crippen LogP contribution in [0.3, 0.4) is 0 Å². The van der Waals surface area contributed by atoms with Gasteiger partial charge in [0.2, 0.25) is 0 Å². The van der Waals surface area contributed by atoms with E-state index < -0.39 is 6.29 Å². The van der Waals surface area contributed by atoms with E-state index in [2.05, 4.69) is 4.98 Å². The number of nitrogens with zero attached hydrogens (tertiary/aromatic N) is 2. The minimum absolute atomic E-state index is 0.00748. The Morgan fingerprint density at radius 1 is 1.00 bits per heavy atom. The molecule has 1 aliphatic rings. The standard InChI is InChI=1S/C22H23Cl2N3O3/c23-20-21(24)27(13-26-20)11-18-9-19(16-5-3-15(12-28)4-6-16)30-22(29-18)17-7-1-14(10-25)2-8-17/h1-8,13,18-19,22,28H,9-12,25H2/t18-,19+,22+/m1/s1. The SMILES string of the molecule is NCc1ccc([C@H]2O[C@@H](Cn3cnc(Cl)c3Cl)C[C@@H](c3ccc(CO)cc3)O2)cc1. The number of aliphatic hydroxyl groups is 1. The number of halogens is 2. The third-order valence-corrected chi connectivity index (χ3v) is 6.01. The van der Waals surface area contributed by atoms with Gasteiger partial charge in [-0.2, -0.15) is 0 Å². The summed E-state index contributed by atoms with van der Waals surface area (Å²) in [6.45, 7) is 0.993. The third kappa shape index (κ3) is 4.70. The molecule has 0 radical (unpaired) electrons. The van der Waals surface area contributed by atoms with Crippen LogP contribution >= 0.6 is 23.2 Å². The molecule has 3 atom stereocenters. The van der Waals surface area contributed by atoms with Gasteiger partial charge in [0, 0.05) is 18.5 Å². The lowest BCUT2D eigenvalue weighted by atomic mass is 10.00. The number of rotatable bonds is 6. The highest BCUT2D eigenvalue weighted by Crippen LogP contribution is 2.38. The van der Waals surface area contributed by atoms with Crippen LogP contribution < -0.4 is 5.73 Å². The van der Waals surface area contributed by atoms with Gasteiger partial charge in [0.1, 0.15) is 5.15 Å². The first-order chi connectivity index (χ1) is 14.6. The van der Waals surface area contributed by atoms with Crippen LogP contribution in [0.2, 0.25) is 10.3 Å². The van der Waals surface area contributed by atoms with Gasteiger partial charge in [0.05, 0.1) is 31.7 Å². The molecule has 3 aromatic rings. The van der Waals surface area contributed by atoms with Gasteiger partial charge in [-0.15, -0.1) is 0 Å². The molecule has 0 bridgehead atoms. The van der Waals surface area contributed by atoms with E-state index in [1.807, 2.05) is 48.5 Å². The van der Waals surface area contributed by atoms with E-state index in [9.17, 15) is 5.11 Å². The van der Waals surface area contributed by atoms with Crippen LogP contribution in [0.5, 0.6) is 0 Å². The van der Waals surface area contributed by atoms with Gasteiger partial charge in [-0.05, 0) is 16.7 Å². The summed E-state index contributed by atoms with van der Waals surface area (Å²) in [5.74, 6) is 0.